The van der Waals surface area contributed by atoms with E-state index in [0.717, 1.165) is 17.7 Å². The minimum atomic E-state index is -3.09. The monoisotopic (exact) mass is 364 g/mol. The molecule has 2 heterocycles. The second-order valence-electron chi connectivity index (χ2n) is 7.28. The molecule has 1 aromatic rings. The predicted octanol–water partition coefficient (Wildman–Crippen LogP) is 1.30. The van der Waals surface area contributed by atoms with E-state index in [2.05, 4.69) is 5.32 Å². The van der Waals surface area contributed by atoms with E-state index in [-0.39, 0.29) is 29.7 Å². The van der Waals surface area contributed by atoms with Crippen LogP contribution in [0.3, 0.4) is 0 Å². The quantitative estimate of drug-likeness (QED) is 0.873. The normalized spacial score (nSPS) is 28.3. The molecule has 6 nitrogen and oxygen atoms in total. The maximum Gasteiger partial charge on any atom is 0.227 e. The van der Waals surface area contributed by atoms with Crippen molar-refractivity contribution in [3.63, 3.8) is 0 Å². The summed E-state index contributed by atoms with van der Waals surface area (Å²) in [4.78, 5) is 26.7. The maximum absolute atomic E-state index is 12.6. The maximum atomic E-state index is 12.6. The largest absolute Gasteiger partial charge is 0.350 e. The second kappa shape index (κ2) is 6.44. The summed E-state index contributed by atoms with van der Waals surface area (Å²) in [6.07, 6.45) is 1.39. The molecule has 2 unspecified atom stereocenters. The minimum Gasteiger partial charge on any atom is -0.350 e. The van der Waals surface area contributed by atoms with Gasteiger partial charge in [-0.25, -0.2) is 8.42 Å². The van der Waals surface area contributed by atoms with Crippen molar-refractivity contribution in [2.45, 2.75) is 38.6 Å². The van der Waals surface area contributed by atoms with Crippen LogP contribution in [-0.2, 0) is 25.8 Å². The van der Waals surface area contributed by atoms with E-state index in [9.17, 15) is 18.0 Å². The van der Waals surface area contributed by atoms with Crippen LogP contribution in [0, 0.1) is 5.92 Å². The van der Waals surface area contributed by atoms with Gasteiger partial charge in [0.25, 0.3) is 0 Å². The zero-order valence-corrected chi connectivity index (χ0v) is 15.4. The molecule has 0 aliphatic carbocycles. The van der Waals surface area contributed by atoms with Gasteiger partial charge in [-0.1, -0.05) is 25.1 Å². The predicted molar refractivity (Wildman–Crippen MR) is 96.1 cm³/mol. The third-order valence-corrected chi connectivity index (χ3v) is 6.99. The number of carbonyl (C=O) groups excluding carboxylic acids is 2. The fourth-order valence-electron chi connectivity index (χ4n) is 3.70. The molecular formula is C18H24N2O4S. The molecule has 0 aromatic heterocycles. The highest BCUT2D eigenvalue weighted by atomic mass is 32.2. The Hall–Kier alpha value is -1.89. The lowest BCUT2D eigenvalue weighted by Crippen LogP contribution is -2.49. The molecule has 2 aliphatic heterocycles. The third kappa shape index (κ3) is 3.71. The number of aryl methyl sites for hydroxylation is 1. The summed E-state index contributed by atoms with van der Waals surface area (Å²) in [7, 11) is -3.09. The smallest absolute Gasteiger partial charge is 0.227 e. The summed E-state index contributed by atoms with van der Waals surface area (Å²) in [6.45, 7) is 4.13. The highest BCUT2D eigenvalue weighted by Crippen LogP contribution is 2.30. The molecule has 1 N–H and O–H groups in total. The van der Waals surface area contributed by atoms with Crippen LogP contribution in [0.2, 0.25) is 0 Å². The highest BCUT2D eigenvalue weighted by molar-refractivity contribution is 7.91. The number of rotatable bonds is 4. The molecule has 2 atom stereocenters. The van der Waals surface area contributed by atoms with Crippen molar-refractivity contribution >= 4 is 27.3 Å². The number of nitrogens with one attached hydrogen (secondary N) is 1. The van der Waals surface area contributed by atoms with E-state index in [1.165, 1.54) is 0 Å². The van der Waals surface area contributed by atoms with E-state index < -0.39 is 21.3 Å². The minimum absolute atomic E-state index is 0.0329. The molecule has 3 rings (SSSR count). The van der Waals surface area contributed by atoms with Crippen molar-refractivity contribution in [2.75, 3.05) is 23.0 Å². The molecule has 0 radical (unpaired) electrons. The van der Waals surface area contributed by atoms with Gasteiger partial charge in [-0.05, 0) is 31.4 Å². The lowest BCUT2D eigenvalue weighted by molar-refractivity contribution is -0.127. The van der Waals surface area contributed by atoms with Crippen molar-refractivity contribution in [3.05, 3.63) is 29.8 Å². The average molecular weight is 364 g/mol. The lowest BCUT2D eigenvalue weighted by Gasteiger charge is -2.26. The molecule has 2 amide bonds. The number of benzene rings is 1. The molecule has 0 bridgehead atoms. The van der Waals surface area contributed by atoms with Gasteiger partial charge in [0.2, 0.25) is 11.8 Å². The van der Waals surface area contributed by atoms with Crippen LogP contribution in [0.1, 0.15) is 32.3 Å². The molecule has 136 valence electrons. The first-order chi connectivity index (χ1) is 11.7. The van der Waals surface area contributed by atoms with Gasteiger partial charge in [-0.15, -0.1) is 0 Å². The summed E-state index contributed by atoms with van der Waals surface area (Å²) in [5.74, 6) is -0.676. The second-order valence-corrected chi connectivity index (χ2v) is 9.46. The summed E-state index contributed by atoms with van der Waals surface area (Å²) in [5.41, 5.74) is 1.21. The van der Waals surface area contributed by atoms with Gasteiger partial charge in [0, 0.05) is 18.7 Å². The lowest BCUT2D eigenvalue weighted by atomic mass is 9.99. The standard InChI is InChI=1S/C18H24N2O4S/c1-3-13-6-4-5-7-15(13)20-11-14(10-16(20)21)17(22)19-18(2)8-9-25(23,24)12-18/h4-7,14H,3,8-12H2,1-2H3,(H,19,22). The first-order valence-electron chi connectivity index (χ1n) is 8.64. The number of carbonyl (C=O) groups is 2. The van der Waals surface area contributed by atoms with E-state index in [1.807, 2.05) is 31.2 Å². The topological polar surface area (TPSA) is 83.6 Å². The summed E-state index contributed by atoms with van der Waals surface area (Å²) < 4.78 is 23.4. The van der Waals surface area contributed by atoms with Crippen LogP contribution in [0.4, 0.5) is 5.69 Å². The van der Waals surface area contributed by atoms with Gasteiger partial charge in [0.1, 0.15) is 0 Å². The zero-order valence-electron chi connectivity index (χ0n) is 14.6. The summed E-state index contributed by atoms with van der Waals surface area (Å²) in [6, 6.07) is 7.72. The first kappa shape index (κ1) is 17.9. The molecule has 2 aliphatic rings. The Bertz CT molecular complexity index is 805. The zero-order chi connectivity index (χ0) is 18.2. The fourth-order valence-corrected chi connectivity index (χ4v) is 5.79. The van der Waals surface area contributed by atoms with Gasteiger partial charge in [0.05, 0.1) is 23.0 Å². The Labute approximate surface area is 148 Å². The first-order valence-corrected chi connectivity index (χ1v) is 10.5. The van der Waals surface area contributed by atoms with Crippen LogP contribution < -0.4 is 10.2 Å². The Balaban J connectivity index is 1.71. The van der Waals surface area contributed by atoms with Crippen molar-refractivity contribution in [1.82, 2.24) is 5.32 Å². The SMILES string of the molecule is CCc1ccccc1N1CC(C(=O)NC2(C)CCS(=O)(=O)C2)CC1=O. The Kier molecular flexibility index (Phi) is 4.62. The number of para-hydroxylation sites is 1. The number of anilines is 1. The van der Waals surface area contributed by atoms with E-state index >= 15 is 0 Å². The van der Waals surface area contributed by atoms with Crippen molar-refractivity contribution < 1.29 is 18.0 Å². The number of sulfone groups is 1. The average Bonchev–Trinajstić information content (AvgIpc) is 3.06. The molecule has 2 fully saturated rings. The van der Waals surface area contributed by atoms with Gasteiger partial charge < -0.3 is 10.2 Å². The van der Waals surface area contributed by atoms with Crippen LogP contribution in [0.15, 0.2) is 24.3 Å². The number of nitrogens with zero attached hydrogens (tertiary/aromatic N) is 1. The molecule has 0 saturated carbocycles. The molecule has 0 spiro atoms. The van der Waals surface area contributed by atoms with Gasteiger partial charge in [-0.2, -0.15) is 0 Å². The van der Waals surface area contributed by atoms with Crippen molar-refractivity contribution in [1.29, 1.82) is 0 Å². The van der Waals surface area contributed by atoms with Crippen LogP contribution >= 0.6 is 0 Å². The van der Waals surface area contributed by atoms with E-state index in [0.29, 0.717) is 13.0 Å². The Morgan fingerprint density at radius 2 is 2.08 bits per heavy atom. The van der Waals surface area contributed by atoms with Gasteiger partial charge >= 0.3 is 0 Å². The molecule has 25 heavy (non-hydrogen) atoms. The molecule has 2 saturated heterocycles. The summed E-state index contributed by atoms with van der Waals surface area (Å²) in [5, 5.41) is 2.88. The van der Waals surface area contributed by atoms with Crippen LogP contribution in [-0.4, -0.2) is 43.8 Å². The van der Waals surface area contributed by atoms with Crippen LogP contribution in [0.25, 0.3) is 0 Å². The van der Waals surface area contributed by atoms with E-state index in [4.69, 9.17) is 0 Å². The Morgan fingerprint density at radius 3 is 2.72 bits per heavy atom. The number of hydrogen-bond acceptors (Lipinski definition) is 4. The third-order valence-electron chi connectivity index (χ3n) is 5.09. The van der Waals surface area contributed by atoms with Gasteiger partial charge in [0.15, 0.2) is 9.84 Å². The number of hydrogen-bond donors (Lipinski definition) is 1. The highest BCUT2D eigenvalue weighted by Gasteiger charge is 2.42. The van der Waals surface area contributed by atoms with E-state index in [1.54, 1.807) is 11.8 Å². The van der Waals surface area contributed by atoms with Crippen molar-refractivity contribution in [2.24, 2.45) is 5.92 Å². The van der Waals surface area contributed by atoms with Crippen LogP contribution in [0.5, 0.6) is 0 Å². The molecular weight excluding hydrogens is 340 g/mol. The van der Waals surface area contributed by atoms with Crippen molar-refractivity contribution in [3.8, 4) is 0 Å². The Morgan fingerprint density at radius 1 is 1.36 bits per heavy atom. The summed E-state index contributed by atoms with van der Waals surface area (Å²) >= 11 is 0. The molecule has 1 aromatic carbocycles. The fraction of sp³-hybridized carbons (Fsp3) is 0.556. The number of amides is 2. The molecule has 7 heteroatoms. The van der Waals surface area contributed by atoms with Gasteiger partial charge in [-0.3, -0.25) is 9.59 Å².